The van der Waals surface area contributed by atoms with Crippen LogP contribution in [0, 0.1) is 0 Å². The SMILES string of the molecule is O.O=C1C(c2ccccc2)CN1c1ccccc1. The Morgan fingerprint density at radius 1 is 0.889 bits per heavy atom. The molecule has 1 fully saturated rings. The van der Waals surface area contributed by atoms with Crippen molar-refractivity contribution in [3.63, 3.8) is 0 Å². The topological polar surface area (TPSA) is 51.8 Å². The molecule has 1 aliphatic heterocycles. The van der Waals surface area contributed by atoms with Crippen LogP contribution in [0.15, 0.2) is 60.7 Å². The number of para-hydroxylation sites is 1. The summed E-state index contributed by atoms with van der Waals surface area (Å²) in [6.07, 6.45) is 0. The van der Waals surface area contributed by atoms with E-state index in [1.807, 2.05) is 65.6 Å². The Hall–Kier alpha value is -2.13. The van der Waals surface area contributed by atoms with Gasteiger partial charge in [0.25, 0.3) is 0 Å². The Morgan fingerprint density at radius 2 is 1.44 bits per heavy atom. The maximum absolute atomic E-state index is 12.1. The molecule has 18 heavy (non-hydrogen) atoms. The highest BCUT2D eigenvalue weighted by molar-refractivity contribution is 6.04. The molecule has 1 atom stereocenters. The largest absolute Gasteiger partial charge is 0.412 e. The highest BCUT2D eigenvalue weighted by atomic mass is 16.2. The number of carbonyl (C=O) groups is 1. The maximum Gasteiger partial charge on any atom is 0.236 e. The zero-order chi connectivity index (χ0) is 11.7. The normalized spacial score (nSPS) is 17.9. The third kappa shape index (κ3) is 2.00. The molecule has 0 aromatic heterocycles. The van der Waals surface area contributed by atoms with E-state index in [-0.39, 0.29) is 17.3 Å². The standard InChI is InChI=1S/C15H13NO.H2O/c17-15-14(12-7-3-1-4-8-12)11-16(15)13-9-5-2-6-10-13;/h1-10,14H,11H2;1H2. The lowest BCUT2D eigenvalue weighted by atomic mass is 9.90. The van der Waals surface area contributed by atoms with Gasteiger partial charge in [0.1, 0.15) is 0 Å². The van der Waals surface area contributed by atoms with Gasteiger partial charge >= 0.3 is 0 Å². The summed E-state index contributed by atoms with van der Waals surface area (Å²) in [6, 6.07) is 19.8. The van der Waals surface area contributed by atoms with Crippen LogP contribution >= 0.6 is 0 Å². The first-order valence-corrected chi connectivity index (χ1v) is 5.77. The van der Waals surface area contributed by atoms with Gasteiger partial charge in [-0.1, -0.05) is 48.5 Å². The molecule has 92 valence electrons. The molecule has 1 unspecified atom stereocenters. The molecule has 0 bridgehead atoms. The molecule has 0 spiro atoms. The number of rotatable bonds is 2. The first-order valence-electron chi connectivity index (χ1n) is 5.77. The summed E-state index contributed by atoms with van der Waals surface area (Å²) in [6.45, 7) is 0.785. The van der Waals surface area contributed by atoms with Crippen LogP contribution in [0.3, 0.4) is 0 Å². The third-order valence-corrected chi connectivity index (χ3v) is 3.20. The second kappa shape index (κ2) is 5.02. The van der Waals surface area contributed by atoms with Crippen LogP contribution in [-0.2, 0) is 4.79 Å². The van der Waals surface area contributed by atoms with Crippen molar-refractivity contribution in [2.45, 2.75) is 5.92 Å². The summed E-state index contributed by atoms with van der Waals surface area (Å²) in [5, 5.41) is 0. The number of nitrogens with zero attached hydrogens (tertiary/aromatic N) is 1. The van der Waals surface area contributed by atoms with E-state index in [1.54, 1.807) is 0 Å². The number of hydrogen-bond donors (Lipinski definition) is 0. The number of carbonyl (C=O) groups excluding carboxylic acids is 1. The number of amides is 1. The molecule has 0 saturated carbocycles. The molecule has 3 nitrogen and oxygen atoms in total. The Labute approximate surface area is 106 Å². The van der Waals surface area contributed by atoms with E-state index < -0.39 is 0 Å². The summed E-state index contributed by atoms with van der Waals surface area (Å²) in [5.41, 5.74) is 2.11. The minimum atomic E-state index is 0. The van der Waals surface area contributed by atoms with Gasteiger partial charge in [-0.25, -0.2) is 0 Å². The van der Waals surface area contributed by atoms with E-state index in [0.29, 0.717) is 0 Å². The first kappa shape index (κ1) is 12.3. The molecule has 1 saturated heterocycles. The van der Waals surface area contributed by atoms with E-state index in [0.717, 1.165) is 17.8 Å². The molecule has 0 aliphatic carbocycles. The molecule has 1 amide bonds. The average Bonchev–Trinajstić information content (AvgIpc) is 2.40. The van der Waals surface area contributed by atoms with Crippen molar-refractivity contribution in [3.05, 3.63) is 66.2 Å². The summed E-state index contributed by atoms with van der Waals surface area (Å²) >= 11 is 0. The molecule has 3 heteroatoms. The van der Waals surface area contributed by atoms with Gasteiger partial charge in [0, 0.05) is 12.2 Å². The van der Waals surface area contributed by atoms with Crippen molar-refractivity contribution >= 4 is 11.6 Å². The predicted molar refractivity (Wildman–Crippen MR) is 71.6 cm³/mol. The molecule has 2 aromatic rings. The van der Waals surface area contributed by atoms with Crippen LogP contribution in [0.25, 0.3) is 0 Å². The fourth-order valence-corrected chi connectivity index (χ4v) is 2.20. The van der Waals surface area contributed by atoms with Crippen LogP contribution in [-0.4, -0.2) is 17.9 Å². The van der Waals surface area contributed by atoms with Crippen LogP contribution in [0.1, 0.15) is 11.5 Å². The summed E-state index contributed by atoms with van der Waals surface area (Å²) < 4.78 is 0. The van der Waals surface area contributed by atoms with Crippen molar-refractivity contribution in [1.82, 2.24) is 0 Å². The monoisotopic (exact) mass is 241 g/mol. The smallest absolute Gasteiger partial charge is 0.236 e. The number of β-lactam (4-membered cyclic amide) rings is 1. The van der Waals surface area contributed by atoms with Crippen molar-refractivity contribution in [3.8, 4) is 0 Å². The van der Waals surface area contributed by atoms with E-state index >= 15 is 0 Å². The van der Waals surface area contributed by atoms with Crippen molar-refractivity contribution < 1.29 is 10.3 Å². The van der Waals surface area contributed by atoms with Gasteiger partial charge in [0.05, 0.1) is 5.92 Å². The van der Waals surface area contributed by atoms with E-state index in [9.17, 15) is 4.79 Å². The molecule has 0 radical (unpaired) electrons. The molecule has 1 aliphatic rings. The molecular formula is C15H15NO2. The van der Waals surface area contributed by atoms with Crippen LogP contribution < -0.4 is 4.90 Å². The van der Waals surface area contributed by atoms with E-state index in [4.69, 9.17) is 0 Å². The third-order valence-electron chi connectivity index (χ3n) is 3.20. The summed E-state index contributed by atoms with van der Waals surface area (Å²) in [4.78, 5) is 13.9. The predicted octanol–water partition coefficient (Wildman–Crippen LogP) is 1.99. The lowest BCUT2D eigenvalue weighted by Gasteiger charge is -2.38. The number of hydrogen-bond acceptors (Lipinski definition) is 1. The lowest BCUT2D eigenvalue weighted by Crippen LogP contribution is -2.50. The average molecular weight is 241 g/mol. The molecule has 3 rings (SSSR count). The number of anilines is 1. The van der Waals surface area contributed by atoms with E-state index in [2.05, 4.69) is 0 Å². The van der Waals surface area contributed by atoms with Crippen molar-refractivity contribution in [2.24, 2.45) is 0 Å². The van der Waals surface area contributed by atoms with Gasteiger partial charge in [-0.05, 0) is 17.7 Å². The minimum Gasteiger partial charge on any atom is -0.412 e. The molecule has 2 N–H and O–H groups in total. The van der Waals surface area contributed by atoms with Crippen LogP contribution in [0.4, 0.5) is 5.69 Å². The fourth-order valence-electron chi connectivity index (χ4n) is 2.20. The van der Waals surface area contributed by atoms with Gasteiger partial charge in [0.2, 0.25) is 5.91 Å². The van der Waals surface area contributed by atoms with Gasteiger partial charge < -0.3 is 10.4 Å². The highest BCUT2D eigenvalue weighted by Gasteiger charge is 2.38. The summed E-state index contributed by atoms with van der Waals surface area (Å²) in [7, 11) is 0. The molecule has 2 aromatic carbocycles. The zero-order valence-electron chi connectivity index (χ0n) is 9.91. The van der Waals surface area contributed by atoms with Crippen molar-refractivity contribution in [2.75, 3.05) is 11.4 Å². The van der Waals surface area contributed by atoms with Gasteiger partial charge in [-0.2, -0.15) is 0 Å². The second-order valence-corrected chi connectivity index (χ2v) is 4.25. The summed E-state index contributed by atoms with van der Waals surface area (Å²) in [5.74, 6) is 0.235. The Kier molecular flexibility index (Phi) is 3.44. The molecular weight excluding hydrogens is 226 g/mol. The lowest BCUT2D eigenvalue weighted by molar-refractivity contribution is -0.124. The fraction of sp³-hybridized carbons (Fsp3) is 0.133. The quantitative estimate of drug-likeness (QED) is 0.742. The maximum atomic E-state index is 12.1. The number of benzene rings is 2. The molecule has 1 heterocycles. The zero-order valence-corrected chi connectivity index (χ0v) is 9.91. The second-order valence-electron chi connectivity index (χ2n) is 4.25. The van der Waals surface area contributed by atoms with Crippen LogP contribution in [0.5, 0.6) is 0 Å². The Bertz CT molecular complexity index is 477. The van der Waals surface area contributed by atoms with Crippen molar-refractivity contribution in [1.29, 1.82) is 0 Å². The Balaban J connectivity index is 0.00000120. The van der Waals surface area contributed by atoms with Gasteiger partial charge in [0.15, 0.2) is 0 Å². The first-order chi connectivity index (χ1) is 8.36. The van der Waals surface area contributed by atoms with E-state index in [1.165, 1.54) is 0 Å². The highest BCUT2D eigenvalue weighted by Crippen LogP contribution is 2.32. The van der Waals surface area contributed by atoms with Crippen LogP contribution in [0.2, 0.25) is 0 Å². The Morgan fingerprint density at radius 3 is 2.00 bits per heavy atom. The van der Waals surface area contributed by atoms with Gasteiger partial charge in [-0.3, -0.25) is 4.79 Å². The minimum absolute atomic E-state index is 0. The van der Waals surface area contributed by atoms with Gasteiger partial charge in [-0.15, -0.1) is 0 Å².